The summed E-state index contributed by atoms with van der Waals surface area (Å²) in [6.45, 7) is 8.14. The van der Waals surface area contributed by atoms with Crippen LogP contribution in [0.25, 0.3) is 22.3 Å². The molecule has 0 amide bonds. The Hall–Kier alpha value is -3.15. The summed E-state index contributed by atoms with van der Waals surface area (Å²) in [5.74, 6) is 0.571. The van der Waals surface area contributed by atoms with E-state index in [0.29, 0.717) is 12.1 Å². The Morgan fingerprint density at radius 3 is 2.65 bits per heavy atom. The van der Waals surface area contributed by atoms with Crippen LogP contribution in [0.1, 0.15) is 62.3 Å². The Balaban J connectivity index is 1.96. The van der Waals surface area contributed by atoms with Gasteiger partial charge in [0.1, 0.15) is 12.4 Å². The van der Waals surface area contributed by atoms with Gasteiger partial charge in [0, 0.05) is 17.9 Å². The minimum atomic E-state index is -0.390. The first-order valence-electron chi connectivity index (χ1n) is 10.8. The van der Waals surface area contributed by atoms with Crippen molar-refractivity contribution in [1.29, 1.82) is 0 Å². The van der Waals surface area contributed by atoms with Crippen LogP contribution in [-0.4, -0.2) is 22.6 Å². The topological polar surface area (TPSA) is 70.4 Å². The molecule has 4 rings (SSSR count). The Kier molecular flexibility index (Phi) is 5.56. The fourth-order valence-corrected chi connectivity index (χ4v) is 4.46. The van der Waals surface area contributed by atoms with E-state index in [2.05, 4.69) is 26.8 Å². The first-order valence-corrected chi connectivity index (χ1v) is 10.8. The second-order valence-corrected chi connectivity index (χ2v) is 8.10. The highest BCUT2D eigenvalue weighted by Crippen LogP contribution is 2.38. The maximum atomic E-state index is 13.5. The van der Waals surface area contributed by atoms with Crippen LogP contribution >= 0.6 is 0 Å². The van der Waals surface area contributed by atoms with E-state index in [0.717, 1.165) is 52.0 Å². The van der Waals surface area contributed by atoms with Crippen LogP contribution < -0.4 is 10.3 Å². The molecule has 0 radical (unpaired) electrons. The first-order chi connectivity index (χ1) is 14.9. The molecule has 1 unspecified atom stereocenters. The zero-order valence-corrected chi connectivity index (χ0v) is 18.7. The molecule has 162 valence electrons. The molecule has 3 aromatic rings. The third kappa shape index (κ3) is 3.50. The summed E-state index contributed by atoms with van der Waals surface area (Å²) in [7, 11) is 1.66. The molecule has 0 saturated heterocycles. The van der Waals surface area contributed by atoms with Crippen molar-refractivity contribution in [1.82, 2.24) is 9.55 Å². The molecule has 1 aliphatic rings. The average molecular weight is 421 g/mol. The summed E-state index contributed by atoms with van der Waals surface area (Å²) >= 11 is 0. The fourth-order valence-electron chi connectivity index (χ4n) is 4.46. The quantitative estimate of drug-likeness (QED) is 0.427. The number of ether oxygens (including phenoxy) is 2. The molecule has 0 aliphatic carbocycles. The van der Waals surface area contributed by atoms with E-state index < -0.39 is 5.97 Å². The third-order valence-corrected chi connectivity index (χ3v) is 6.32. The molecule has 0 spiro atoms. The lowest BCUT2D eigenvalue weighted by molar-refractivity contribution is -0.142. The lowest BCUT2D eigenvalue weighted by Crippen LogP contribution is -2.26. The largest absolute Gasteiger partial charge is 0.497 e. The second-order valence-electron chi connectivity index (χ2n) is 8.10. The molecule has 6 nitrogen and oxygen atoms in total. The molecule has 6 heteroatoms. The summed E-state index contributed by atoms with van der Waals surface area (Å²) in [4.78, 5) is 29.9. The average Bonchev–Trinajstić information content (AvgIpc) is 3.14. The molecule has 0 saturated carbocycles. The number of methoxy groups -OCH3 is 1. The molecular formula is C25H28N2O4. The van der Waals surface area contributed by atoms with Crippen molar-refractivity contribution in [3.05, 3.63) is 56.9 Å². The molecule has 1 atom stereocenters. The minimum absolute atomic E-state index is 0.00228. The number of aryl methyl sites for hydroxylation is 1. The normalized spacial score (nSPS) is 13.1. The van der Waals surface area contributed by atoms with Crippen molar-refractivity contribution >= 4 is 16.9 Å². The number of aromatic nitrogens is 2. The maximum absolute atomic E-state index is 13.5. The van der Waals surface area contributed by atoms with Crippen LogP contribution in [-0.2, 0) is 29.1 Å². The molecule has 2 aromatic heterocycles. The van der Waals surface area contributed by atoms with Crippen LogP contribution in [0, 0.1) is 0 Å². The van der Waals surface area contributed by atoms with Gasteiger partial charge in [-0.25, -0.2) is 4.98 Å². The van der Waals surface area contributed by atoms with Gasteiger partial charge in [-0.1, -0.05) is 20.8 Å². The summed E-state index contributed by atoms with van der Waals surface area (Å²) in [6.07, 6.45) is 1.71. The number of carbonyl (C=O) groups excluding carboxylic acids is 1. The van der Waals surface area contributed by atoms with Crippen LogP contribution in [0.4, 0.5) is 0 Å². The highest BCUT2D eigenvalue weighted by Gasteiger charge is 2.29. The molecule has 1 aromatic carbocycles. The number of pyridine rings is 2. The predicted molar refractivity (Wildman–Crippen MR) is 121 cm³/mol. The highest BCUT2D eigenvalue weighted by atomic mass is 16.5. The Morgan fingerprint density at radius 1 is 1.23 bits per heavy atom. The van der Waals surface area contributed by atoms with Gasteiger partial charge >= 0.3 is 5.97 Å². The van der Waals surface area contributed by atoms with Gasteiger partial charge in [0.25, 0.3) is 5.56 Å². The summed E-state index contributed by atoms with van der Waals surface area (Å²) in [5.41, 5.74) is 6.27. The predicted octanol–water partition coefficient (Wildman–Crippen LogP) is 4.57. The van der Waals surface area contributed by atoms with Gasteiger partial charge in [-0.2, -0.15) is 0 Å². The van der Waals surface area contributed by atoms with Crippen LogP contribution in [0.5, 0.6) is 5.75 Å². The number of esters is 1. The molecule has 0 N–H and O–H groups in total. The SMILES string of the molecule is CCc1c2c(nc3ccc(OC)cc13)-c1cc(C(C)CC)c(COC(C)=O)c(=O)n1C2. The van der Waals surface area contributed by atoms with Crippen LogP contribution in [0.3, 0.4) is 0 Å². The van der Waals surface area contributed by atoms with Crippen molar-refractivity contribution in [2.75, 3.05) is 7.11 Å². The molecular weight excluding hydrogens is 392 g/mol. The number of fused-ring (bicyclic) bond motifs is 4. The van der Waals surface area contributed by atoms with Gasteiger partial charge in [-0.3, -0.25) is 9.59 Å². The number of hydrogen-bond donors (Lipinski definition) is 0. The minimum Gasteiger partial charge on any atom is -0.497 e. The van der Waals surface area contributed by atoms with Gasteiger partial charge in [-0.05, 0) is 54.2 Å². The molecule has 3 heterocycles. The van der Waals surface area contributed by atoms with Gasteiger partial charge < -0.3 is 14.0 Å². The van der Waals surface area contributed by atoms with E-state index in [-0.39, 0.29) is 18.1 Å². The van der Waals surface area contributed by atoms with E-state index in [1.807, 2.05) is 18.2 Å². The second kappa shape index (κ2) is 8.17. The van der Waals surface area contributed by atoms with Crippen molar-refractivity contribution in [3.8, 4) is 17.1 Å². The Morgan fingerprint density at radius 2 is 2.00 bits per heavy atom. The van der Waals surface area contributed by atoms with Crippen molar-refractivity contribution in [2.45, 2.75) is 59.6 Å². The fraction of sp³-hybridized carbons (Fsp3) is 0.400. The lowest BCUT2D eigenvalue weighted by Gasteiger charge is -2.17. The van der Waals surface area contributed by atoms with E-state index in [9.17, 15) is 9.59 Å². The standard InChI is InChI=1S/C25H28N2O4/c1-6-14(3)18-11-23-24-20(12-27(23)25(29)21(18)13-31-15(4)28)17(7-2)19-10-16(30-5)8-9-22(19)26-24/h8-11,14H,6-7,12-13H2,1-5H3. The summed E-state index contributed by atoms with van der Waals surface area (Å²) in [5, 5.41) is 1.06. The Bertz CT molecular complexity index is 1240. The lowest BCUT2D eigenvalue weighted by atomic mass is 9.93. The van der Waals surface area contributed by atoms with E-state index in [1.165, 1.54) is 12.5 Å². The molecule has 0 fully saturated rings. The smallest absolute Gasteiger partial charge is 0.302 e. The van der Waals surface area contributed by atoms with Crippen molar-refractivity contribution < 1.29 is 14.3 Å². The van der Waals surface area contributed by atoms with Gasteiger partial charge in [0.15, 0.2) is 0 Å². The Labute approximate surface area is 181 Å². The first kappa shape index (κ1) is 21.1. The van der Waals surface area contributed by atoms with Gasteiger partial charge in [0.05, 0.1) is 36.1 Å². The van der Waals surface area contributed by atoms with Crippen molar-refractivity contribution in [3.63, 3.8) is 0 Å². The van der Waals surface area contributed by atoms with Crippen LogP contribution in [0.2, 0.25) is 0 Å². The third-order valence-electron chi connectivity index (χ3n) is 6.32. The van der Waals surface area contributed by atoms with E-state index in [4.69, 9.17) is 14.5 Å². The van der Waals surface area contributed by atoms with Crippen LogP contribution in [0.15, 0.2) is 29.1 Å². The number of nitrogens with zero attached hydrogens (tertiary/aromatic N) is 2. The van der Waals surface area contributed by atoms with E-state index in [1.54, 1.807) is 11.7 Å². The molecule has 1 aliphatic heterocycles. The monoisotopic (exact) mass is 420 g/mol. The maximum Gasteiger partial charge on any atom is 0.302 e. The van der Waals surface area contributed by atoms with Crippen molar-refractivity contribution in [2.24, 2.45) is 0 Å². The number of benzene rings is 1. The summed E-state index contributed by atoms with van der Waals surface area (Å²) in [6, 6.07) is 7.97. The molecule has 31 heavy (non-hydrogen) atoms. The molecule has 0 bridgehead atoms. The zero-order chi connectivity index (χ0) is 22.3. The highest BCUT2D eigenvalue weighted by molar-refractivity contribution is 5.89. The number of carbonyl (C=O) groups is 1. The van der Waals surface area contributed by atoms with Gasteiger partial charge in [0.2, 0.25) is 0 Å². The summed E-state index contributed by atoms with van der Waals surface area (Å²) < 4.78 is 12.4. The van der Waals surface area contributed by atoms with Gasteiger partial charge in [-0.15, -0.1) is 0 Å². The number of rotatable bonds is 6. The number of hydrogen-bond acceptors (Lipinski definition) is 5. The zero-order valence-electron chi connectivity index (χ0n) is 18.7. The van der Waals surface area contributed by atoms with E-state index >= 15 is 0 Å².